The van der Waals surface area contributed by atoms with Crippen LogP contribution in [0.2, 0.25) is 0 Å². The molecule has 0 aliphatic rings. The fourth-order valence-corrected chi connectivity index (χ4v) is 2.11. The third kappa shape index (κ3) is 5.19. The molecule has 2 rings (SSSR count). The van der Waals surface area contributed by atoms with E-state index in [-0.39, 0.29) is 5.91 Å². The standard InChI is InChI=1S/C16H18BrN3O/c1-11(2)19-15-8-7-14(10-18-15)20-16(21)9-12-3-5-13(17)6-4-12/h3-8,10-11H,9H2,1-2H3,(H,18,19)(H,20,21). The van der Waals surface area contributed by atoms with Gasteiger partial charge in [-0.2, -0.15) is 0 Å². The second kappa shape index (κ2) is 7.22. The minimum atomic E-state index is -0.0521. The molecule has 0 bridgehead atoms. The molecular formula is C16H18BrN3O. The molecule has 0 unspecified atom stereocenters. The Hall–Kier alpha value is -1.88. The van der Waals surface area contributed by atoms with Gasteiger partial charge < -0.3 is 10.6 Å². The van der Waals surface area contributed by atoms with E-state index in [1.165, 1.54) is 0 Å². The molecule has 1 aromatic carbocycles. The smallest absolute Gasteiger partial charge is 0.228 e. The van der Waals surface area contributed by atoms with Crippen LogP contribution in [0.3, 0.4) is 0 Å². The number of nitrogens with one attached hydrogen (secondary N) is 2. The quantitative estimate of drug-likeness (QED) is 0.863. The molecule has 0 spiro atoms. The van der Waals surface area contributed by atoms with Crippen molar-refractivity contribution in [1.29, 1.82) is 0 Å². The van der Waals surface area contributed by atoms with Crippen LogP contribution in [0.25, 0.3) is 0 Å². The maximum atomic E-state index is 12.0. The van der Waals surface area contributed by atoms with Crippen molar-refractivity contribution < 1.29 is 4.79 Å². The number of rotatable bonds is 5. The van der Waals surface area contributed by atoms with Gasteiger partial charge in [0.25, 0.3) is 0 Å². The van der Waals surface area contributed by atoms with Gasteiger partial charge in [-0.25, -0.2) is 4.98 Å². The summed E-state index contributed by atoms with van der Waals surface area (Å²) in [5, 5.41) is 6.05. The predicted molar refractivity (Wildman–Crippen MR) is 89.5 cm³/mol. The van der Waals surface area contributed by atoms with Gasteiger partial charge in [-0.3, -0.25) is 4.79 Å². The molecule has 4 nitrogen and oxygen atoms in total. The highest BCUT2D eigenvalue weighted by atomic mass is 79.9. The average molecular weight is 348 g/mol. The summed E-state index contributed by atoms with van der Waals surface area (Å²) in [7, 11) is 0. The van der Waals surface area contributed by atoms with Gasteiger partial charge in [0.1, 0.15) is 5.82 Å². The first kappa shape index (κ1) is 15.5. The van der Waals surface area contributed by atoms with E-state index < -0.39 is 0 Å². The number of pyridine rings is 1. The van der Waals surface area contributed by atoms with Crippen molar-refractivity contribution in [1.82, 2.24) is 4.98 Å². The van der Waals surface area contributed by atoms with E-state index in [9.17, 15) is 4.79 Å². The number of aromatic nitrogens is 1. The second-order valence-corrected chi connectivity index (χ2v) is 6.00. The van der Waals surface area contributed by atoms with E-state index in [1.54, 1.807) is 6.20 Å². The van der Waals surface area contributed by atoms with Crippen LogP contribution in [-0.4, -0.2) is 16.9 Å². The molecule has 5 heteroatoms. The molecule has 0 saturated carbocycles. The number of hydrogen-bond donors (Lipinski definition) is 2. The van der Waals surface area contributed by atoms with Crippen molar-refractivity contribution in [2.24, 2.45) is 0 Å². The number of carbonyl (C=O) groups excluding carboxylic acids is 1. The number of nitrogens with zero attached hydrogens (tertiary/aromatic N) is 1. The molecule has 0 aliphatic carbocycles. The molecule has 0 fully saturated rings. The monoisotopic (exact) mass is 347 g/mol. The number of carbonyl (C=O) groups is 1. The first-order valence-electron chi connectivity index (χ1n) is 6.80. The summed E-state index contributed by atoms with van der Waals surface area (Å²) in [4.78, 5) is 16.2. The fraction of sp³-hybridized carbons (Fsp3) is 0.250. The van der Waals surface area contributed by atoms with E-state index in [4.69, 9.17) is 0 Å². The van der Waals surface area contributed by atoms with Crippen molar-refractivity contribution in [2.45, 2.75) is 26.3 Å². The summed E-state index contributed by atoms with van der Waals surface area (Å²) in [6.45, 7) is 4.10. The Morgan fingerprint density at radius 3 is 2.48 bits per heavy atom. The van der Waals surface area contributed by atoms with Crippen molar-refractivity contribution >= 4 is 33.3 Å². The molecule has 0 saturated heterocycles. The lowest BCUT2D eigenvalue weighted by Crippen LogP contribution is -2.15. The van der Waals surface area contributed by atoms with Crippen LogP contribution >= 0.6 is 15.9 Å². The van der Waals surface area contributed by atoms with Crippen molar-refractivity contribution in [3.05, 3.63) is 52.6 Å². The summed E-state index contributed by atoms with van der Waals surface area (Å²) < 4.78 is 1.00. The van der Waals surface area contributed by atoms with Gasteiger partial charge in [0.2, 0.25) is 5.91 Å². The number of hydrogen-bond acceptors (Lipinski definition) is 3. The van der Waals surface area contributed by atoms with Crippen LogP contribution in [-0.2, 0) is 11.2 Å². The highest BCUT2D eigenvalue weighted by molar-refractivity contribution is 9.10. The maximum Gasteiger partial charge on any atom is 0.228 e. The highest BCUT2D eigenvalue weighted by Gasteiger charge is 2.05. The molecule has 2 N–H and O–H groups in total. The molecule has 0 aliphatic heterocycles. The summed E-state index contributed by atoms with van der Waals surface area (Å²) in [5.41, 5.74) is 1.67. The summed E-state index contributed by atoms with van der Waals surface area (Å²) in [6, 6.07) is 11.7. The minimum absolute atomic E-state index is 0.0521. The Bertz CT molecular complexity index is 594. The molecule has 1 amide bonds. The van der Waals surface area contributed by atoms with Gasteiger partial charge in [-0.05, 0) is 43.7 Å². The summed E-state index contributed by atoms with van der Waals surface area (Å²) >= 11 is 3.37. The van der Waals surface area contributed by atoms with Crippen molar-refractivity contribution in [3.8, 4) is 0 Å². The molecular weight excluding hydrogens is 330 g/mol. The number of amides is 1. The lowest BCUT2D eigenvalue weighted by molar-refractivity contribution is -0.115. The number of benzene rings is 1. The van der Waals surface area contributed by atoms with Crippen LogP contribution in [0.15, 0.2) is 47.1 Å². The van der Waals surface area contributed by atoms with Crippen LogP contribution in [0.4, 0.5) is 11.5 Å². The minimum Gasteiger partial charge on any atom is -0.368 e. The predicted octanol–water partition coefficient (Wildman–Crippen LogP) is 3.85. The van der Waals surface area contributed by atoms with Crippen LogP contribution < -0.4 is 10.6 Å². The Morgan fingerprint density at radius 1 is 1.19 bits per heavy atom. The molecule has 1 aromatic heterocycles. The highest BCUT2D eigenvalue weighted by Crippen LogP contribution is 2.13. The van der Waals surface area contributed by atoms with Gasteiger partial charge in [0.05, 0.1) is 18.3 Å². The third-order valence-corrected chi connectivity index (χ3v) is 3.29. The van der Waals surface area contributed by atoms with E-state index in [0.717, 1.165) is 15.9 Å². The summed E-state index contributed by atoms with van der Waals surface area (Å²) in [5.74, 6) is 0.750. The van der Waals surface area contributed by atoms with E-state index in [1.807, 2.05) is 36.4 Å². The summed E-state index contributed by atoms with van der Waals surface area (Å²) in [6.07, 6.45) is 2.00. The average Bonchev–Trinajstić information content (AvgIpc) is 2.43. The van der Waals surface area contributed by atoms with Gasteiger partial charge in [0.15, 0.2) is 0 Å². The van der Waals surface area contributed by atoms with Crippen LogP contribution in [0.1, 0.15) is 19.4 Å². The topological polar surface area (TPSA) is 54.0 Å². The van der Waals surface area contributed by atoms with Crippen LogP contribution in [0, 0.1) is 0 Å². The first-order chi connectivity index (χ1) is 10.0. The third-order valence-electron chi connectivity index (χ3n) is 2.76. The van der Waals surface area contributed by atoms with E-state index in [2.05, 4.69) is 45.4 Å². The van der Waals surface area contributed by atoms with Gasteiger partial charge in [0, 0.05) is 10.5 Å². The van der Waals surface area contributed by atoms with Crippen molar-refractivity contribution in [2.75, 3.05) is 10.6 Å². The zero-order valence-electron chi connectivity index (χ0n) is 12.1. The van der Waals surface area contributed by atoms with E-state index in [0.29, 0.717) is 18.2 Å². The van der Waals surface area contributed by atoms with Gasteiger partial charge in [-0.1, -0.05) is 28.1 Å². The Balaban J connectivity index is 1.91. The maximum absolute atomic E-state index is 12.0. The second-order valence-electron chi connectivity index (χ2n) is 5.08. The molecule has 1 heterocycles. The lowest BCUT2D eigenvalue weighted by Gasteiger charge is -2.10. The number of anilines is 2. The zero-order chi connectivity index (χ0) is 15.2. The SMILES string of the molecule is CC(C)Nc1ccc(NC(=O)Cc2ccc(Br)cc2)cn1. The zero-order valence-corrected chi connectivity index (χ0v) is 13.6. The van der Waals surface area contributed by atoms with E-state index >= 15 is 0 Å². The van der Waals surface area contributed by atoms with Gasteiger partial charge >= 0.3 is 0 Å². The fourth-order valence-electron chi connectivity index (χ4n) is 1.84. The Kier molecular flexibility index (Phi) is 5.33. The van der Waals surface area contributed by atoms with Gasteiger partial charge in [-0.15, -0.1) is 0 Å². The van der Waals surface area contributed by atoms with Crippen LogP contribution in [0.5, 0.6) is 0 Å². The lowest BCUT2D eigenvalue weighted by atomic mass is 10.1. The molecule has 21 heavy (non-hydrogen) atoms. The molecule has 110 valence electrons. The Labute approximate surface area is 133 Å². The largest absolute Gasteiger partial charge is 0.368 e. The molecule has 0 atom stereocenters. The normalized spacial score (nSPS) is 10.5. The van der Waals surface area contributed by atoms with Crippen molar-refractivity contribution in [3.63, 3.8) is 0 Å². The molecule has 2 aromatic rings. The molecule has 0 radical (unpaired) electrons. The Morgan fingerprint density at radius 2 is 1.90 bits per heavy atom. The first-order valence-corrected chi connectivity index (χ1v) is 7.59. The number of halogens is 1.